The molecular weight excluding hydrogens is 230 g/mol. The molecule has 0 aromatic carbocycles. The molecule has 0 bridgehead atoms. The molecule has 2 unspecified atom stereocenters. The summed E-state index contributed by atoms with van der Waals surface area (Å²) in [5.74, 6) is -3.08. The molecule has 63 valence electrons. The minimum absolute atomic E-state index is 0. The van der Waals surface area contributed by atoms with E-state index in [9.17, 15) is 13.2 Å². The number of alkyl halides is 3. The van der Waals surface area contributed by atoms with E-state index in [0.29, 0.717) is 6.42 Å². The van der Waals surface area contributed by atoms with Gasteiger partial charge in [-0.3, -0.25) is 4.39 Å². The Kier molecular flexibility index (Phi) is 4.56. The van der Waals surface area contributed by atoms with Gasteiger partial charge in [0.25, 0.3) is 0 Å². The molecular formula is C7H10F3Y-. The molecule has 1 fully saturated rings. The first-order chi connectivity index (χ1) is 4.49. The van der Waals surface area contributed by atoms with Crippen LogP contribution in [0.5, 0.6) is 0 Å². The third-order valence-electron chi connectivity index (χ3n) is 1.67. The average molecular weight is 240 g/mol. The predicted molar refractivity (Wildman–Crippen MR) is 32.5 cm³/mol. The molecule has 1 aliphatic rings. The quantitative estimate of drug-likeness (QED) is 0.571. The number of halogens is 3. The fourth-order valence-electron chi connectivity index (χ4n) is 1.33. The van der Waals surface area contributed by atoms with Gasteiger partial charge in [-0.25, -0.2) is 15.2 Å². The van der Waals surface area contributed by atoms with Crippen LogP contribution in [0.2, 0.25) is 0 Å². The van der Waals surface area contributed by atoms with Gasteiger partial charge in [0.2, 0.25) is 0 Å². The first-order valence-corrected chi connectivity index (χ1v) is 3.37. The van der Waals surface area contributed by atoms with Crippen molar-refractivity contribution in [2.24, 2.45) is 5.92 Å². The summed E-state index contributed by atoms with van der Waals surface area (Å²) in [7, 11) is 0. The van der Waals surface area contributed by atoms with Crippen LogP contribution in [0.4, 0.5) is 13.2 Å². The zero-order valence-electron chi connectivity index (χ0n) is 6.36. The van der Waals surface area contributed by atoms with Crippen molar-refractivity contribution in [2.45, 2.75) is 31.9 Å². The Bertz CT molecular complexity index is 115. The molecule has 0 saturated heterocycles. The van der Waals surface area contributed by atoms with Crippen LogP contribution in [-0.4, -0.2) is 12.1 Å². The van der Waals surface area contributed by atoms with Gasteiger partial charge >= 0.3 is 0 Å². The molecule has 1 saturated carbocycles. The Balaban J connectivity index is 0.000001000. The van der Waals surface area contributed by atoms with E-state index < -0.39 is 12.1 Å². The van der Waals surface area contributed by atoms with Crippen molar-refractivity contribution in [3.8, 4) is 0 Å². The van der Waals surface area contributed by atoms with Crippen molar-refractivity contribution in [3.63, 3.8) is 0 Å². The summed E-state index contributed by atoms with van der Waals surface area (Å²) in [6.07, 6.45) is -0.866. The van der Waals surface area contributed by atoms with E-state index in [0.717, 1.165) is 0 Å². The molecule has 0 nitrogen and oxygen atoms in total. The molecule has 0 amide bonds. The molecule has 0 spiro atoms. The number of hydrogen-bond donors (Lipinski definition) is 0. The van der Waals surface area contributed by atoms with Gasteiger partial charge in [0.05, 0.1) is 0 Å². The fourth-order valence-corrected chi connectivity index (χ4v) is 1.33. The fraction of sp³-hybridized carbons (Fsp3) is 0.857. The van der Waals surface area contributed by atoms with Gasteiger partial charge in [0.15, 0.2) is 0 Å². The molecule has 0 heterocycles. The first kappa shape index (κ1) is 11.9. The van der Waals surface area contributed by atoms with E-state index in [-0.39, 0.29) is 51.5 Å². The zero-order chi connectivity index (χ0) is 7.78. The van der Waals surface area contributed by atoms with Crippen molar-refractivity contribution >= 4 is 0 Å². The van der Waals surface area contributed by atoms with Gasteiger partial charge < -0.3 is 0 Å². The second kappa shape index (κ2) is 4.22. The zero-order valence-corrected chi connectivity index (χ0v) is 9.20. The largest absolute Gasteiger partial charge is 0.283 e. The van der Waals surface area contributed by atoms with Gasteiger partial charge in [-0.15, -0.1) is 0 Å². The normalized spacial score (nSPS) is 36.0. The first-order valence-electron chi connectivity index (χ1n) is 3.37. The van der Waals surface area contributed by atoms with Crippen molar-refractivity contribution < 1.29 is 45.9 Å². The summed E-state index contributed by atoms with van der Waals surface area (Å²) in [5.41, 5.74) is 0. The molecule has 2 atom stereocenters. The summed E-state index contributed by atoms with van der Waals surface area (Å²) >= 11 is 0. The summed E-state index contributed by atoms with van der Waals surface area (Å²) in [6.45, 7) is 1.65. The molecule has 1 rings (SSSR count). The van der Waals surface area contributed by atoms with Crippen LogP contribution >= 0.6 is 0 Å². The summed E-state index contributed by atoms with van der Waals surface area (Å²) < 4.78 is 37.2. The van der Waals surface area contributed by atoms with Crippen molar-refractivity contribution in [1.29, 1.82) is 0 Å². The molecule has 0 aliphatic heterocycles. The Labute approximate surface area is 89.8 Å². The van der Waals surface area contributed by atoms with Crippen molar-refractivity contribution in [2.75, 3.05) is 0 Å². The topological polar surface area (TPSA) is 0 Å². The third kappa shape index (κ3) is 3.88. The molecule has 11 heavy (non-hydrogen) atoms. The molecule has 4 heteroatoms. The van der Waals surface area contributed by atoms with Crippen LogP contribution in [0.25, 0.3) is 0 Å². The monoisotopic (exact) mass is 240 g/mol. The van der Waals surface area contributed by atoms with Crippen LogP contribution < -0.4 is 0 Å². The Morgan fingerprint density at radius 3 is 2.36 bits per heavy atom. The molecule has 0 N–H and O–H groups in total. The second-order valence-electron chi connectivity index (χ2n) is 2.99. The average Bonchev–Trinajstić information content (AvgIpc) is 1.54. The minimum atomic E-state index is -2.88. The Hall–Kier alpha value is 0.894. The molecule has 1 radical (unpaired) electrons. The molecule has 0 aromatic heterocycles. The summed E-state index contributed by atoms with van der Waals surface area (Å²) in [5, 5.41) is 0. The summed E-state index contributed by atoms with van der Waals surface area (Å²) in [6, 6.07) is 0. The van der Waals surface area contributed by atoms with Crippen LogP contribution in [-0.2, 0) is 32.7 Å². The van der Waals surface area contributed by atoms with Crippen LogP contribution in [0.15, 0.2) is 0 Å². The van der Waals surface area contributed by atoms with Gasteiger partial charge in [0, 0.05) is 32.7 Å². The Morgan fingerprint density at radius 2 is 2.00 bits per heavy atom. The van der Waals surface area contributed by atoms with E-state index in [2.05, 4.69) is 0 Å². The van der Waals surface area contributed by atoms with Gasteiger partial charge in [-0.05, 0) is 24.9 Å². The number of hydrogen-bond acceptors (Lipinski definition) is 0. The predicted octanol–water partition coefficient (Wildman–Crippen LogP) is 2.59. The molecule has 0 aromatic rings. The maximum atomic E-state index is 12.4. The van der Waals surface area contributed by atoms with Crippen molar-refractivity contribution in [3.05, 3.63) is 6.42 Å². The maximum Gasteiger partial charge on any atom is 0.135 e. The van der Waals surface area contributed by atoms with Crippen LogP contribution in [0.1, 0.15) is 19.8 Å². The third-order valence-corrected chi connectivity index (χ3v) is 1.67. The van der Waals surface area contributed by atoms with Crippen molar-refractivity contribution in [1.82, 2.24) is 0 Å². The van der Waals surface area contributed by atoms with Gasteiger partial charge in [0.1, 0.15) is 5.92 Å². The van der Waals surface area contributed by atoms with Gasteiger partial charge in [-0.1, -0.05) is 6.92 Å². The SMILES string of the molecule is CC1CC(F)[CH-]C(F)(F)C1.[Y]. The van der Waals surface area contributed by atoms with Crippen LogP contribution in [0, 0.1) is 12.3 Å². The maximum absolute atomic E-state index is 12.4. The van der Waals surface area contributed by atoms with Gasteiger partial charge in [-0.2, -0.15) is 0 Å². The van der Waals surface area contributed by atoms with E-state index in [1.807, 2.05) is 0 Å². The Morgan fingerprint density at radius 1 is 1.45 bits per heavy atom. The second-order valence-corrected chi connectivity index (χ2v) is 2.99. The standard InChI is InChI=1S/C7H10F3.Y/c1-5-2-6(8)4-7(9,10)3-5;/h4-6H,2-3H2,1H3;/q-1;. The summed E-state index contributed by atoms with van der Waals surface area (Å²) in [4.78, 5) is 0. The van der Waals surface area contributed by atoms with Crippen LogP contribution in [0.3, 0.4) is 0 Å². The smallest absolute Gasteiger partial charge is 0.135 e. The minimum Gasteiger partial charge on any atom is -0.283 e. The van der Waals surface area contributed by atoms with E-state index in [1.54, 1.807) is 6.92 Å². The van der Waals surface area contributed by atoms with E-state index in [4.69, 9.17) is 0 Å². The van der Waals surface area contributed by atoms with E-state index in [1.165, 1.54) is 0 Å². The molecule has 1 aliphatic carbocycles. The number of rotatable bonds is 0. The van der Waals surface area contributed by atoms with E-state index >= 15 is 0 Å².